The molecule has 0 unspecified atom stereocenters. The Morgan fingerprint density at radius 1 is 1.06 bits per heavy atom. The quantitative estimate of drug-likeness (QED) is 0.395. The fourth-order valence-corrected chi connectivity index (χ4v) is 4.16. The minimum Gasteiger partial charge on any atom is -0.507 e. The van der Waals surface area contributed by atoms with Gasteiger partial charge < -0.3 is 20.3 Å². The number of ether oxygens (including phenoxy) is 1. The number of aromatic hydroxyl groups is 2. The van der Waals surface area contributed by atoms with E-state index in [0.717, 1.165) is 0 Å². The van der Waals surface area contributed by atoms with Gasteiger partial charge in [-0.15, -0.1) is 0 Å². The van der Waals surface area contributed by atoms with E-state index < -0.39 is 28.5 Å². The molecule has 2 aliphatic rings. The van der Waals surface area contributed by atoms with Gasteiger partial charge in [-0.3, -0.25) is 14.4 Å². The van der Waals surface area contributed by atoms with E-state index in [-0.39, 0.29) is 39.5 Å². The van der Waals surface area contributed by atoms with Gasteiger partial charge in [0.25, 0.3) is 0 Å². The molecule has 1 atom stereocenters. The molecule has 2 aromatic carbocycles. The molecular formula is C24H21NO6. The van der Waals surface area contributed by atoms with Crippen LogP contribution in [0, 0.1) is 6.92 Å². The van der Waals surface area contributed by atoms with Crippen molar-refractivity contribution in [2.24, 2.45) is 0 Å². The SMILES string of the molecule is CC(=O)c1c(O)c(C)c(O)c2c1OC1=CC(=O)/C(=C(/C)Nc3ccccc3)C(=O)[C@@]12C. The second-order valence-electron chi connectivity index (χ2n) is 7.88. The zero-order valence-corrected chi connectivity index (χ0v) is 17.5. The van der Waals surface area contributed by atoms with Gasteiger partial charge in [-0.25, -0.2) is 0 Å². The number of Topliss-reactive ketones (excluding diaryl/α,β-unsaturated/α-hetero) is 2. The minimum atomic E-state index is -1.52. The first-order valence-corrected chi connectivity index (χ1v) is 9.71. The molecule has 1 heterocycles. The van der Waals surface area contributed by atoms with Crippen LogP contribution < -0.4 is 10.1 Å². The molecule has 1 aliphatic carbocycles. The van der Waals surface area contributed by atoms with Gasteiger partial charge in [-0.1, -0.05) is 18.2 Å². The van der Waals surface area contributed by atoms with Crippen LogP contribution in [0.4, 0.5) is 5.69 Å². The molecule has 0 spiro atoms. The van der Waals surface area contributed by atoms with Crippen molar-refractivity contribution in [3.8, 4) is 17.2 Å². The summed E-state index contributed by atoms with van der Waals surface area (Å²) in [6, 6.07) is 9.09. The molecule has 0 bridgehead atoms. The average molecular weight is 419 g/mol. The van der Waals surface area contributed by atoms with Gasteiger partial charge >= 0.3 is 0 Å². The fraction of sp³-hybridized carbons (Fsp3) is 0.208. The summed E-state index contributed by atoms with van der Waals surface area (Å²) >= 11 is 0. The molecule has 0 amide bonds. The first kappa shape index (κ1) is 20.4. The van der Waals surface area contributed by atoms with E-state index in [2.05, 4.69) is 5.32 Å². The molecule has 2 aromatic rings. The van der Waals surface area contributed by atoms with Crippen molar-refractivity contribution >= 4 is 23.0 Å². The Morgan fingerprint density at radius 3 is 2.32 bits per heavy atom. The molecule has 3 N–H and O–H groups in total. The number of phenols is 2. The molecule has 158 valence electrons. The number of anilines is 1. The molecule has 0 saturated heterocycles. The zero-order valence-electron chi connectivity index (χ0n) is 17.5. The second-order valence-corrected chi connectivity index (χ2v) is 7.88. The highest BCUT2D eigenvalue weighted by Crippen LogP contribution is 2.57. The lowest BCUT2D eigenvalue weighted by Crippen LogP contribution is -2.40. The van der Waals surface area contributed by atoms with Crippen LogP contribution in [-0.2, 0) is 15.0 Å². The second kappa shape index (κ2) is 6.84. The number of para-hydroxylation sites is 1. The number of hydrogen-bond donors (Lipinski definition) is 3. The fourth-order valence-electron chi connectivity index (χ4n) is 4.16. The van der Waals surface area contributed by atoms with Crippen LogP contribution in [-0.4, -0.2) is 27.6 Å². The monoisotopic (exact) mass is 419 g/mol. The summed E-state index contributed by atoms with van der Waals surface area (Å²) < 4.78 is 5.75. The van der Waals surface area contributed by atoms with Crippen molar-refractivity contribution in [1.29, 1.82) is 0 Å². The van der Waals surface area contributed by atoms with Crippen LogP contribution in [0.3, 0.4) is 0 Å². The van der Waals surface area contributed by atoms with Crippen LogP contribution in [0.1, 0.15) is 42.3 Å². The van der Waals surface area contributed by atoms with E-state index in [4.69, 9.17) is 4.74 Å². The third kappa shape index (κ3) is 2.77. The lowest BCUT2D eigenvalue weighted by atomic mass is 9.70. The van der Waals surface area contributed by atoms with Gasteiger partial charge in [0.2, 0.25) is 0 Å². The molecule has 0 radical (unpaired) electrons. The number of phenolic OH excluding ortho intramolecular Hbond substituents is 2. The summed E-state index contributed by atoms with van der Waals surface area (Å²) in [6.07, 6.45) is 1.20. The van der Waals surface area contributed by atoms with Crippen LogP contribution in [0.5, 0.6) is 17.2 Å². The number of benzene rings is 2. The summed E-state index contributed by atoms with van der Waals surface area (Å²) in [7, 11) is 0. The van der Waals surface area contributed by atoms with Crippen molar-refractivity contribution in [3.63, 3.8) is 0 Å². The first-order chi connectivity index (χ1) is 14.6. The molecule has 0 saturated carbocycles. The molecular weight excluding hydrogens is 398 g/mol. The van der Waals surface area contributed by atoms with Crippen LogP contribution >= 0.6 is 0 Å². The number of rotatable bonds is 3. The smallest absolute Gasteiger partial charge is 0.194 e. The number of ketones is 3. The molecule has 4 rings (SSSR count). The Bertz CT molecular complexity index is 1240. The van der Waals surface area contributed by atoms with Gasteiger partial charge in [-0.05, 0) is 39.8 Å². The van der Waals surface area contributed by atoms with Crippen molar-refractivity contribution < 1.29 is 29.3 Å². The maximum atomic E-state index is 13.7. The average Bonchev–Trinajstić information content (AvgIpc) is 3.00. The van der Waals surface area contributed by atoms with Gasteiger partial charge in [0.15, 0.2) is 17.3 Å². The van der Waals surface area contributed by atoms with Crippen LogP contribution in [0.25, 0.3) is 0 Å². The standard InChI is InChI=1S/C24H21NO6/c1-11-20(28)18(13(3)26)22-19(21(11)29)24(4)16(31-22)10-15(27)17(23(24)30)12(2)25-14-8-6-5-7-9-14/h5-10,25,28-29H,1-4H3/b17-12+/t24-/m0/s1. The maximum absolute atomic E-state index is 13.7. The summed E-state index contributed by atoms with van der Waals surface area (Å²) in [6.45, 7) is 5.86. The highest BCUT2D eigenvalue weighted by atomic mass is 16.5. The van der Waals surface area contributed by atoms with E-state index in [1.807, 2.05) is 18.2 Å². The molecule has 1 aliphatic heterocycles. The van der Waals surface area contributed by atoms with Crippen molar-refractivity contribution in [2.75, 3.05) is 5.32 Å². The summed E-state index contributed by atoms with van der Waals surface area (Å²) in [5, 5.41) is 24.3. The number of carbonyl (C=O) groups is 3. The first-order valence-electron chi connectivity index (χ1n) is 9.71. The Labute approximate surface area is 178 Å². The van der Waals surface area contributed by atoms with E-state index in [9.17, 15) is 24.6 Å². The Balaban J connectivity index is 1.94. The number of fused-ring (bicyclic) bond motifs is 3. The lowest BCUT2D eigenvalue weighted by molar-refractivity contribution is -0.123. The summed E-state index contributed by atoms with van der Waals surface area (Å²) in [4.78, 5) is 38.7. The van der Waals surface area contributed by atoms with Crippen molar-refractivity contribution in [1.82, 2.24) is 0 Å². The topological polar surface area (TPSA) is 113 Å². The third-order valence-corrected chi connectivity index (χ3v) is 5.87. The lowest BCUT2D eigenvalue weighted by Gasteiger charge is -2.29. The highest BCUT2D eigenvalue weighted by Gasteiger charge is 2.56. The predicted octanol–water partition coefficient (Wildman–Crippen LogP) is 3.68. The van der Waals surface area contributed by atoms with E-state index >= 15 is 0 Å². The van der Waals surface area contributed by atoms with Crippen LogP contribution in [0.2, 0.25) is 0 Å². The van der Waals surface area contributed by atoms with Gasteiger partial charge in [-0.2, -0.15) is 0 Å². The number of carbonyl (C=O) groups excluding carboxylic acids is 3. The zero-order chi connectivity index (χ0) is 22.7. The predicted molar refractivity (Wildman–Crippen MR) is 113 cm³/mol. The molecule has 0 fully saturated rings. The van der Waals surface area contributed by atoms with Crippen molar-refractivity contribution in [3.05, 3.63) is 70.1 Å². The molecule has 0 aromatic heterocycles. The number of hydrogen-bond acceptors (Lipinski definition) is 7. The highest BCUT2D eigenvalue weighted by molar-refractivity contribution is 6.31. The van der Waals surface area contributed by atoms with Gasteiger partial charge in [0.1, 0.15) is 34.0 Å². The third-order valence-electron chi connectivity index (χ3n) is 5.87. The summed E-state index contributed by atoms with van der Waals surface area (Å²) in [5.41, 5.74) is -0.532. The largest absolute Gasteiger partial charge is 0.507 e. The normalized spacial score (nSPS) is 21.1. The Morgan fingerprint density at radius 2 is 1.71 bits per heavy atom. The number of allylic oxidation sites excluding steroid dienone is 4. The molecule has 7 heteroatoms. The number of nitrogens with one attached hydrogen (secondary N) is 1. The van der Waals surface area contributed by atoms with Crippen molar-refractivity contribution in [2.45, 2.75) is 33.1 Å². The van der Waals surface area contributed by atoms with Gasteiger partial charge in [0.05, 0.1) is 11.1 Å². The molecule has 7 nitrogen and oxygen atoms in total. The van der Waals surface area contributed by atoms with E-state index in [1.54, 1.807) is 19.1 Å². The van der Waals surface area contributed by atoms with E-state index in [0.29, 0.717) is 11.4 Å². The van der Waals surface area contributed by atoms with Gasteiger partial charge in [0, 0.05) is 23.0 Å². The van der Waals surface area contributed by atoms with Crippen LogP contribution in [0.15, 0.2) is 53.4 Å². The maximum Gasteiger partial charge on any atom is 0.194 e. The van der Waals surface area contributed by atoms with E-state index in [1.165, 1.54) is 26.8 Å². The summed E-state index contributed by atoms with van der Waals surface area (Å²) in [5.74, 6) is -2.45. The Hall–Kier alpha value is -3.87. The minimum absolute atomic E-state index is 0.0107. The molecule has 31 heavy (non-hydrogen) atoms. The Kier molecular flexibility index (Phi) is 4.50.